The number of hydrogen-bond donors (Lipinski definition) is 1. The lowest BCUT2D eigenvalue weighted by Gasteiger charge is -2.13. The van der Waals surface area contributed by atoms with Gasteiger partial charge in [-0.3, -0.25) is 4.79 Å². The Bertz CT molecular complexity index is 999. The van der Waals surface area contributed by atoms with Crippen molar-refractivity contribution in [1.29, 1.82) is 0 Å². The number of nitrogens with zero attached hydrogens (tertiary/aromatic N) is 4. The summed E-state index contributed by atoms with van der Waals surface area (Å²) in [5, 5.41) is 7.35. The van der Waals surface area contributed by atoms with Gasteiger partial charge in [0.1, 0.15) is 5.82 Å². The van der Waals surface area contributed by atoms with E-state index in [0.717, 1.165) is 11.4 Å². The van der Waals surface area contributed by atoms with Gasteiger partial charge in [0.05, 0.1) is 16.3 Å². The number of amides is 1. The molecule has 0 aliphatic rings. The molecule has 3 aromatic heterocycles. The lowest BCUT2D eigenvalue weighted by molar-refractivity contribution is -0.123. The van der Waals surface area contributed by atoms with Crippen LogP contribution in [0.4, 0.5) is 5.82 Å². The lowest BCUT2D eigenvalue weighted by Crippen LogP contribution is -2.30. The first-order valence-corrected chi connectivity index (χ1v) is 8.84. The van der Waals surface area contributed by atoms with Gasteiger partial charge < -0.3 is 10.1 Å². The second-order valence-electron chi connectivity index (χ2n) is 6.14. The van der Waals surface area contributed by atoms with Gasteiger partial charge in [-0.2, -0.15) is 5.10 Å². The summed E-state index contributed by atoms with van der Waals surface area (Å²) in [6.07, 6.45) is 1.78. The van der Waals surface area contributed by atoms with E-state index in [1.165, 1.54) is 19.3 Å². The van der Waals surface area contributed by atoms with Gasteiger partial charge in [-0.1, -0.05) is 11.6 Å². The largest absolute Gasteiger partial charge is 0.449 e. The van der Waals surface area contributed by atoms with Crippen molar-refractivity contribution in [3.63, 3.8) is 0 Å². The second-order valence-corrected chi connectivity index (χ2v) is 6.58. The molecule has 144 valence electrons. The zero-order valence-corrected chi connectivity index (χ0v) is 16.3. The minimum absolute atomic E-state index is 0.231. The third kappa shape index (κ3) is 4.52. The van der Waals surface area contributed by atoms with Crippen LogP contribution in [-0.2, 0) is 9.53 Å². The molecule has 3 rings (SSSR count). The monoisotopic (exact) mass is 399 g/mol. The number of halogens is 1. The van der Waals surface area contributed by atoms with Crippen LogP contribution in [-0.4, -0.2) is 37.7 Å². The maximum absolute atomic E-state index is 12.3. The average Bonchev–Trinajstić information content (AvgIpc) is 3.01. The van der Waals surface area contributed by atoms with Gasteiger partial charge in [0.15, 0.2) is 11.9 Å². The Morgan fingerprint density at radius 1 is 1.14 bits per heavy atom. The number of ether oxygens (including phenoxy) is 1. The van der Waals surface area contributed by atoms with Crippen molar-refractivity contribution in [2.75, 3.05) is 5.32 Å². The smallest absolute Gasteiger partial charge is 0.340 e. The summed E-state index contributed by atoms with van der Waals surface area (Å²) in [7, 11) is 0. The summed E-state index contributed by atoms with van der Waals surface area (Å²) in [4.78, 5) is 32.6. The summed E-state index contributed by atoms with van der Waals surface area (Å²) in [5.41, 5.74) is 2.04. The summed E-state index contributed by atoms with van der Waals surface area (Å²) in [6, 6.07) is 8.32. The fourth-order valence-electron chi connectivity index (χ4n) is 2.45. The Morgan fingerprint density at radius 2 is 1.93 bits per heavy atom. The van der Waals surface area contributed by atoms with Crippen LogP contribution >= 0.6 is 11.6 Å². The molecule has 1 N–H and O–H groups in total. The first-order chi connectivity index (χ1) is 13.3. The van der Waals surface area contributed by atoms with Crippen LogP contribution in [0.2, 0.25) is 5.02 Å². The zero-order valence-electron chi connectivity index (χ0n) is 15.5. The highest BCUT2D eigenvalue weighted by atomic mass is 35.5. The fraction of sp³-hybridized carbons (Fsp3) is 0.211. The molecule has 0 spiro atoms. The molecule has 0 saturated carbocycles. The molecule has 0 bridgehead atoms. The van der Waals surface area contributed by atoms with E-state index < -0.39 is 18.0 Å². The molecule has 1 unspecified atom stereocenters. The number of pyridine rings is 2. The first-order valence-electron chi connectivity index (χ1n) is 8.46. The van der Waals surface area contributed by atoms with Gasteiger partial charge in [0.25, 0.3) is 5.91 Å². The van der Waals surface area contributed by atoms with E-state index >= 15 is 0 Å². The minimum Gasteiger partial charge on any atom is -0.449 e. The molecule has 1 atom stereocenters. The average molecular weight is 400 g/mol. The number of carbonyl (C=O) groups is 2. The summed E-state index contributed by atoms with van der Waals surface area (Å²) >= 11 is 5.75. The van der Waals surface area contributed by atoms with Gasteiger partial charge in [-0.15, -0.1) is 0 Å². The zero-order chi connectivity index (χ0) is 20.3. The van der Waals surface area contributed by atoms with Gasteiger partial charge in [0.2, 0.25) is 0 Å². The number of aromatic nitrogens is 4. The molecule has 0 saturated heterocycles. The van der Waals surface area contributed by atoms with Crippen LogP contribution in [0.5, 0.6) is 0 Å². The first kappa shape index (κ1) is 19.5. The van der Waals surface area contributed by atoms with E-state index in [9.17, 15) is 9.59 Å². The van der Waals surface area contributed by atoms with Crippen LogP contribution in [0, 0.1) is 13.8 Å². The van der Waals surface area contributed by atoms with E-state index in [0.29, 0.717) is 16.7 Å². The lowest BCUT2D eigenvalue weighted by atomic mass is 10.2. The van der Waals surface area contributed by atoms with Crippen LogP contribution in [0.15, 0.2) is 42.7 Å². The highest BCUT2D eigenvalue weighted by molar-refractivity contribution is 6.30. The Labute approximate surface area is 166 Å². The summed E-state index contributed by atoms with van der Waals surface area (Å²) < 4.78 is 6.88. The number of carbonyl (C=O) groups excluding carboxylic acids is 2. The quantitative estimate of drug-likeness (QED) is 0.662. The third-order valence-electron chi connectivity index (χ3n) is 3.84. The predicted octanol–water partition coefficient (Wildman–Crippen LogP) is 3.12. The molecule has 1 amide bonds. The topological polar surface area (TPSA) is 99.0 Å². The number of aryl methyl sites for hydroxylation is 2. The molecule has 0 aromatic carbocycles. The van der Waals surface area contributed by atoms with E-state index in [2.05, 4.69) is 20.4 Å². The molecule has 3 heterocycles. The second kappa shape index (κ2) is 8.18. The number of nitrogens with one attached hydrogen (secondary N) is 1. The standard InChI is InChI=1S/C19H18ClN5O3/c1-11-8-12(2)25(24-11)17-7-4-14(9-22-17)19(27)28-13(3)18(26)23-16-6-5-15(20)10-21-16/h4-10,13H,1-3H3,(H,21,23,26). The molecule has 3 aromatic rings. The van der Waals surface area contributed by atoms with Crippen molar-refractivity contribution in [2.45, 2.75) is 26.9 Å². The van der Waals surface area contributed by atoms with E-state index in [1.807, 2.05) is 19.9 Å². The minimum atomic E-state index is -1.01. The molecule has 28 heavy (non-hydrogen) atoms. The molecule has 9 heteroatoms. The highest BCUT2D eigenvalue weighted by Crippen LogP contribution is 2.13. The molecule has 0 radical (unpaired) electrons. The predicted molar refractivity (Wildman–Crippen MR) is 104 cm³/mol. The van der Waals surface area contributed by atoms with E-state index in [4.69, 9.17) is 16.3 Å². The van der Waals surface area contributed by atoms with Gasteiger partial charge >= 0.3 is 5.97 Å². The van der Waals surface area contributed by atoms with Gasteiger partial charge in [-0.05, 0) is 51.1 Å². The van der Waals surface area contributed by atoms with Crippen molar-refractivity contribution in [3.05, 3.63) is 64.7 Å². The van der Waals surface area contributed by atoms with Crippen LogP contribution in [0.1, 0.15) is 28.7 Å². The van der Waals surface area contributed by atoms with E-state index in [1.54, 1.807) is 28.9 Å². The van der Waals surface area contributed by atoms with Gasteiger partial charge in [0, 0.05) is 18.1 Å². The maximum atomic E-state index is 12.3. The van der Waals surface area contributed by atoms with Crippen molar-refractivity contribution in [3.8, 4) is 5.82 Å². The normalized spacial score (nSPS) is 11.7. The van der Waals surface area contributed by atoms with Crippen LogP contribution in [0.25, 0.3) is 5.82 Å². The fourth-order valence-corrected chi connectivity index (χ4v) is 2.56. The van der Waals surface area contributed by atoms with Crippen molar-refractivity contribution < 1.29 is 14.3 Å². The molecule has 0 aliphatic carbocycles. The number of hydrogen-bond acceptors (Lipinski definition) is 6. The van der Waals surface area contributed by atoms with Gasteiger partial charge in [-0.25, -0.2) is 19.4 Å². The maximum Gasteiger partial charge on any atom is 0.340 e. The Hall–Kier alpha value is -3.26. The molecular formula is C19H18ClN5O3. The van der Waals surface area contributed by atoms with Crippen molar-refractivity contribution >= 4 is 29.3 Å². The number of anilines is 1. The third-order valence-corrected chi connectivity index (χ3v) is 4.07. The summed E-state index contributed by atoms with van der Waals surface area (Å²) in [5.74, 6) is -0.260. The highest BCUT2D eigenvalue weighted by Gasteiger charge is 2.20. The Morgan fingerprint density at radius 3 is 2.50 bits per heavy atom. The molecule has 8 nitrogen and oxygen atoms in total. The summed E-state index contributed by atoms with van der Waals surface area (Å²) in [6.45, 7) is 5.28. The Kier molecular flexibility index (Phi) is 5.70. The molecule has 0 fully saturated rings. The molecular weight excluding hydrogens is 382 g/mol. The number of esters is 1. The molecule has 0 aliphatic heterocycles. The van der Waals surface area contributed by atoms with Crippen molar-refractivity contribution in [1.82, 2.24) is 19.7 Å². The van der Waals surface area contributed by atoms with E-state index in [-0.39, 0.29) is 5.56 Å². The number of rotatable bonds is 5. The SMILES string of the molecule is Cc1cc(C)n(-c2ccc(C(=O)OC(C)C(=O)Nc3ccc(Cl)cn3)cn2)n1. The Balaban J connectivity index is 1.62. The van der Waals surface area contributed by atoms with Crippen molar-refractivity contribution in [2.24, 2.45) is 0 Å². The van der Waals surface area contributed by atoms with Crippen LogP contribution in [0.3, 0.4) is 0 Å². The van der Waals surface area contributed by atoms with Crippen LogP contribution < -0.4 is 5.32 Å².